The van der Waals surface area contributed by atoms with Crippen LogP contribution >= 0.6 is 22.9 Å². The number of benzene rings is 2. The van der Waals surface area contributed by atoms with E-state index in [1.807, 2.05) is 17.5 Å². The van der Waals surface area contributed by atoms with Crippen LogP contribution in [0.1, 0.15) is 27.7 Å². The zero-order valence-corrected chi connectivity index (χ0v) is 18.6. The molecule has 0 radical (unpaired) electrons. The molecule has 2 amide bonds. The Morgan fingerprint density at radius 3 is 2.66 bits per heavy atom. The Balaban J connectivity index is 1.76. The van der Waals surface area contributed by atoms with Crippen molar-refractivity contribution in [3.05, 3.63) is 86.7 Å². The molecule has 7 nitrogen and oxygen atoms in total. The van der Waals surface area contributed by atoms with E-state index in [2.05, 4.69) is 15.8 Å². The van der Waals surface area contributed by atoms with Crippen molar-refractivity contribution in [2.24, 2.45) is 5.10 Å². The van der Waals surface area contributed by atoms with E-state index in [0.29, 0.717) is 17.7 Å². The third-order valence-electron chi connectivity index (χ3n) is 4.09. The molecule has 9 heteroatoms. The summed E-state index contributed by atoms with van der Waals surface area (Å²) >= 11 is 7.43. The summed E-state index contributed by atoms with van der Waals surface area (Å²) in [7, 11) is 0. The van der Waals surface area contributed by atoms with Crippen LogP contribution < -0.4 is 15.5 Å². The highest BCUT2D eigenvalue weighted by atomic mass is 35.5. The van der Waals surface area contributed by atoms with Crippen LogP contribution in [0.3, 0.4) is 0 Å². The van der Waals surface area contributed by atoms with Gasteiger partial charge in [-0.2, -0.15) is 5.10 Å². The van der Waals surface area contributed by atoms with Gasteiger partial charge in [-0.05, 0) is 54.3 Å². The van der Waals surface area contributed by atoms with Gasteiger partial charge in [0.1, 0.15) is 5.70 Å². The van der Waals surface area contributed by atoms with E-state index >= 15 is 0 Å². The predicted molar refractivity (Wildman–Crippen MR) is 126 cm³/mol. The second-order valence-corrected chi connectivity index (χ2v) is 7.76. The fourth-order valence-corrected chi connectivity index (χ4v) is 3.49. The summed E-state index contributed by atoms with van der Waals surface area (Å²) in [5, 5.41) is 18.4. The Hall–Kier alpha value is -3.62. The predicted octanol–water partition coefficient (Wildman–Crippen LogP) is 4.43. The summed E-state index contributed by atoms with van der Waals surface area (Å²) in [6.07, 6.45) is 2.93. The topological polar surface area (TPSA) is 100 Å². The standard InChI is InChI=1S/C23H20ClN3O4S/c1-2-31-20-12-15(11-18(24)21(20)28)14-25-27-23(30)19(13-17-9-6-10-32-17)26-22(29)16-7-4-3-5-8-16/h3-14,28H,2H2,1H3,(H,26,29)(H,27,30). The fraction of sp³-hybridized carbons (Fsp3) is 0.0870. The van der Waals surface area contributed by atoms with Crippen LogP contribution in [0.4, 0.5) is 0 Å². The molecule has 0 bridgehead atoms. The zero-order chi connectivity index (χ0) is 22.9. The molecule has 0 spiro atoms. The fourth-order valence-electron chi connectivity index (χ4n) is 2.62. The first-order chi connectivity index (χ1) is 15.5. The summed E-state index contributed by atoms with van der Waals surface area (Å²) in [5.41, 5.74) is 3.36. The molecule has 2 aromatic carbocycles. The lowest BCUT2D eigenvalue weighted by atomic mass is 10.2. The molecule has 0 aliphatic rings. The molecule has 3 rings (SSSR count). The molecular weight excluding hydrogens is 450 g/mol. The van der Waals surface area contributed by atoms with Crippen molar-refractivity contribution in [2.45, 2.75) is 6.92 Å². The van der Waals surface area contributed by atoms with Crippen LogP contribution in [0.5, 0.6) is 11.5 Å². The molecule has 0 saturated heterocycles. The Bertz CT molecular complexity index is 1150. The first kappa shape index (κ1) is 23.1. The minimum Gasteiger partial charge on any atom is -0.503 e. The molecule has 32 heavy (non-hydrogen) atoms. The van der Waals surface area contributed by atoms with Crippen LogP contribution in [-0.4, -0.2) is 29.7 Å². The highest BCUT2D eigenvalue weighted by Gasteiger charge is 2.15. The maximum absolute atomic E-state index is 12.7. The van der Waals surface area contributed by atoms with E-state index in [9.17, 15) is 14.7 Å². The molecule has 164 valence electrons. The molecule has 0 aliphatic heterocycles. The molecule has 1 aromatic heterocycles. The van der Waals surface area contributed by atoms with Gasteiger partial charge in [-0.3, -0.25) is 9.59 Å². The van der Waals surface area contributed by atoms with Gasteiger partial charge in [0.15, 0.2) is 11.5 Å². The quantitative estimate of drug-likeness (QED) is 0.258. The molecular formula is C23H20ClN3O4S. The molecule has 0 unspecified atom stereocenters. The van der Waals surface area contributed by atoms with Crippen LogP contribution in [0.2, 0.25) is 5.02 Å². The molecule has 3 N–H and O–H groups in total. The van der Waals surface area contributed by atoms with E-state index in [4.69, 9.17) is 16.3 Å². The largest absolute Gasteiger partial charge is 0.503 e. The summed E-state index contributed by atoms with van der Waals surface area (Å²) in [6, 6.07) is 15.3. The number of nitrogens with one attached hydrogen (secondary N) is 2. The summed E-state index contributed by atoms with van der Waals surface area (Å²) in [5.74, 6) is -0.978. The Labute approximate surface area is 194 Å². The van der Waals surface area contributed by atoms with Gasteiger partial charge < -0.3 is 15.2 Å². The Morgan fingerprint density at radius 1 is 1.19 bits per heavy atom. The molecule has 0 atom stereocenters. The number of aromatic hydroxyl groups is 1. The molecule has 3 aromatic rings. The maximum atomic E-state index is 12.7. The second kappa shape index (κ2) is 11.1. The number of rotatable bonds is 8. The first-order valence-corrected chi connectivity index (χ1v) is 10.8. The Kier molecular flexibility index (Phi) is 8.02. The summed E-state index contributed by atoms with van der Waals surface area (Å²) < 4.78 is 5.33. The third kappa shape index (κ3) is 6.19. The molecule has 1 heterocycles. The number of phenolic OH excluding ortho intramolecular Hbond substituents is 1. The number of ether oxygens (including phenoxy) is 1. The number of halogens is 1. The monoisotopic (exact) mass is 469 g/mol. The van der Waals surface area contributed by atoms with Crippen LogP contribution in [-0.2, 0) is 4.79 Å². The zero-order valence-electron chi connectivity index (χ0n) is 17.0. The lowest BCUT2D eigenvalue weighted by Gasteiger charge is -2.09. The number of carbonyl (C=O) groups excluding carboxylic acids is 2. The lowest BCUT2D eigenvalue weighted by molar-refractivity contribution is -0.117. The van der Waals surface area contributed by atoms with Gasteiger partial charge in [0.2, 0.25) is 0 Å². The first-order valence-electron chi connectivity index (χ1n) is 9.58. The van der Waals surface area contributed by atoms with E-state index in [1.54, 1.807) is 49.4 Å². The Morgan fingerprint density at radius 2 is 1.97 bits per heavy atom. The number of amides is 2. The van der Waals surface area contributed by atoms with E-state index in [1.165, 1.54) is 23.6 Å². The number of hydrogen-bond donors (Lipinski definition) is 3. The van der Waals surface area contributed by atoms with Gasteiger partial charge >= 0.3 is 0 Å². The molecule has 0 saturated carbocycles. The number of nitrogens with zero attached hydrogens (tertiary/aromatic N) is 1. The average Bonchev–Trinajstić information content (AvgIpc) is 3.30. The van der Waals surface area contributed by atoms with E-state index in [0.717, 1.165) is 4.88 Å². The van der Waals surface area contributed by atoms with Gasteiger partial charge in [-0.1, -0.05) is 35.9 Å². The number of phenols is 1. The second-order valence-electron chi connectivity index (χ2n) is 6.38. The highest BCUT2D eigenvalue weighted by molar-refractivity contribution is 7.10. The number of hydrogen-bond acceptors (Lipinski definition) is 6. The number of thiophene rings is 1. The van der Waals surface area contributed by atoms with Crippen molar-refractivity contribution in [2.75, 3.05) is 6.61 Å². The van der Waals surface area contributed by atoms with Crippen molar-refractivity contribution in [1.29, 1.82) is 0 Å². The van der Waals surface area contributed by atoms with E-state index < -0.39 is 11.8 Å². The summed E-state index contributed by atoms with van der Waals surface area (Å²) in [4.78, 5) is 26.0. The minimum atomic E-state index is -0.603. The van der Waals surface area contributed by atoms with Crippen LogP contribution in [0.25, 0.3) is 6.08 Å². The smallest absolute Gasteiger partial charge is 0.287 e. The SMILES string of the molecule is CCOc1cc(C=NNC(=O)C(=Cc2cccs2)NC(=O)c2ccccc2)cc(Cl)c1O. The molecule has 0 aliphatic carbocycles. The van der Waals surface area contributed by atoms with Crippen molar-refractivity contribution >= 4 is 47.0 Å². The van der Waals surface area contributed by atoms with Gasteiger partial charge in [0.25, 0.3) is 11.8 Å². The van der Waals surface area contributed by atoms with Crippen molar-refractivity contribution in [1.82, 2.24) is 10.7 Å². The summed E-state index contributed by atoms with van der Waals surface area (Å²) in [6.45, 7) is 2.12. The lowest BCUT2D eigenvalue weighted by Crippen LogP contribution is -2.32. The number of carbonyl (C=O) groups is 2. The van der Waals surface area contributed by atoms with Crippen LogP contribution in [0.15, 0.2) is 70.8 Å². The van der Waals surface area contributed by atoms with Gasteiger partial charge in [-0.25, -0.2) is 5.43 Å². The third-order valence-corrected chi connectivity index (χ3v) is 5.20. The van der Waals surface area contributed by atoms with Gasteiger partial charge in [0.05, 0.1) is 17.8 Å². The minimum absolute atomic E-state index is 0.0391. The van der Waals surface area contributed by atoms with Crippen molar-refractivity contribution in [3.8, 4) is 11.5 Å². The van der Waals surface area contributed by atoms with E-state index in [-0.39, 0.29) is 22.2 Å². The number of hydrazone groups is 1. The van der Waals surface area contributed by atoms with Crippen molar-refractivity contribution < 1.29 is 19.4 Å². The molecule has 0 fully saturated rings. The highest BCUT2D eigenvalue weighted by Crippen LogP contribution is 2.34. The van der Waals surface area contributed by atoms with Crippen molar-refractivity contribution in [3.63, 3.8) is 0 Å². The van der Waals surface area contributed by atoms with Crippen LogP contribution in [0, 0.1) is 0 Å². The van der Waals surface area contributed by atoms with Gasteiger partial charge in [0, 0.05) is 10.4 Å². The maximum Gasteiger partial charge on any atom is 0.287 e. The normalized spacial score (nSPS) is 11.4. The average molecular weight is 470 g/mol. The van der Waals surface area contributed by atoms with Gasteiger partial charge in [-0.15, -0.1) is 11.3 Å².